The van der Waals surface area contributed by atoms with E-state index in [1.54, 1.807) is 0 Å². The van der Waals surface area contributed by atoms with Crippen molar-refractivity contribution in [2.45, 2.75) is 39.9 Å². The lowest BCUT2D eigenvalue weighted by atomic mass is 9.86. The Morgan fingerprint density at radius 3 is 2.65 bits per heavy atom. The molecule has 0 spiro atoms. The predicted octanol–water partition coefficient (Wildman–Crippen LogP) is 7.29. The number of para-hydroxylation sites is 1. The molecule has 4 aromatic rings. The highest BCUT2D eigenvalue weighted by molar-refractivity contribution is 6.13. The molecule has 2 heteroatoms. The van der Waals surface area contributed by atoms with E-state index < -0.39 is 18.2 Å². The number of fused-ring (bicyclic) bond motifs is 3. The van der Waals surface area contributed by atoms with Crippen LogP contribution in [0.5, 0.6) is 0 Å². The second-order valence-corrected chi connectivity index (χ2v) is 9.18. The lowest BCUT2D eigenvalue weighted by Gasteiger charge is -2.18. The zero-order valence-corrected chi connectivity index (χ0v) is 18.3. The molecule has 0 bridgehead atoms. The van der Waals surface area contributed by atoms with Crippen molar-refractivity contribution in [1.82, 2.24) is 0 Å². The number of pyridine rings is 1. The Hall–Kier alpha value is -3.13. The number of benzene rings is 2. The summed E-state index contributed by atoms with van der Waals surface area (Å²) in [6.45, 7) is 6.04. The summed E-state index contributed by atoms with van der Waals surface area (Å²) in [6.07, 6.45) is 0.464. The van der Waals surface area contributed by atoms with E-state index >= 15 is 0 Å². The van der Waals surface area contributed by atoms with Gasteiger partial charge in [-0.1, -0.05) is 55.8 Å². The predicted molar refractivity (Wildman–Crippen MR) is 128 cm³/mol. The fraction of sp³-hybridized carbons (Fsp3) is 0.276. The zero-order valence-electron chi connectivity index (χ0n) is 22.3. The summed E-state index contributed by atoms with van der Waals surface area (Å²) in [6, 6.07) is 16.3. The first-order chi connectivity index (χ1) is 16.4. The molecule has 0 amide bonds. The van der Waals surface area contributed by atoms with Crippen molar-refractivity contribution < 1.29 is 14.5 Å². The summed E-state index contributed by atoms with van der Waals surface area (Å²) in [5.74, 6) is 0. The Morgan fingerprint density at radius 2 is 1.81 bits per heavy atom. The van der Waals surface area contributed by atoms with Crippen LogP contribution < -0.4 is 4.57 Å². The van der Waals surface area contributed by atoms with Crippen molar-refractivity contribution in [3.05, 3.63) is 83.1 Å². The molecular formula is C29H28NO+. The quantitative estimate of drug-likeness (QED) is 0.317. The molecule has 31 heavy (non-hydrogen) atoms. The molecule has 0 radical (unpaired) electrons. The van der Waals surface area contributed by atoms with Crippen molar-refractivity contribution in [3.63, 3.8) is 0 Å². The minimum atomic E-state index is -1.74. The van der Waals surface area contributed by atoms with Crippen LogP contribution in [-0.2, 0) is 7.05 Å². The van der Waals surface area contributed by atoms with Crippen LogP contribution in [-0.4, -0.2) is 0 Å². The van der Waals surface area contributed by atoms with E-state index in [1.807, 2.05) is 63.5 Å². The van der Waals surface area contributed by atoms with Gasteiger partial charge in [-0.2, -0.15) is 0 Å². The second-order valence-electron chi connectivity index (χ2n) is 9.18. The van der Waals surface area contributed by atoms with Gasteiger partial charge < -0.3 is 4.42 Å². The summed E-state index contributed by atoms with van der Waals surface area (Å²) >= 11 is 0. The fourth-order valence-electron chi connectivity index (χ4n) is 5.17. The van der Waals surface area contributed by atoms with E-state index in [0.717, 1.165) is 44.3 Å². The highest BCUT2D eigenvalue weighted by atomic mass is 16.3. The van der Waals surface area contributed by atoms with Gasteiger partial charge in [-0.3, -0.25) is 0 Å². The number of aromatic nitrogens is 1. The smallest absolute Gasteiger partial charge is 0.216 e. The Balaban J connectivity index is 1.67. The third-order valence-electron chi connectivity index (χ3n) is 6.68. The molecule has 0 atom stereocenters. The molecular weight excluding hydrogens is 378 g/mol. The number of aryl methyl sites for hydroxylation is 2. The molecule has 0 aliphatic heterocycles. The SMILES string of the molecule is [2H]C1([2H])CC([2H])([2H])C2=C1C(c1cccc3c1oc1c(-c4cccc[n+]4C)c(C)ccc13)=CC2(C)C. The van der Waals surface area contributed by atoms with E-state index in [-0.39, 0.29) is 6.42 Å². The van der Waals surface area contributed by atoms with Gasteiger partial charge in [0.2, 0.25) is 5.69 Å². The Kier molecular flexibility index (Phi) is 3.07. The van der Waals surface area contributed by atoms with E-state index in [4.69, 9.17) is 9.90 Å². The number of allylic oxidation sites excluding steroid dienone is 4. The first kappa shape index (κ1) is 14.8. The van der Waals surface area contributed by atoms with Gasteiger partial charge in [-0.25, -0.2) is 4.57 Å². The number of hydrogen-bond acceptors (Lipinski definition) is 1. The summed E-state index contributed by atoms with van der Waals surface area (Å²) in [5.41, 5.74) is 6.79. The molecule has 0 saturated heterocycles. The first-order valence-electron chi connectivity index (χ1n) is 12.8. The lowest BCUT2D eigenvalue weighted by Crippen LogP contribution is -2.30. The minimum absolute atomic E-state index is 0.157. The molecule has 2 aromatic carbocycles. The van der Waals surface area contributed by atoms with Gasteiger partial charge in [0.1, 0.15) is 18.2 Å². The molecule has 6 rings (SSSR count). The maximum absolute atomic E-state index is 8.73. The first-order valence-corrected chi connectivity index (χ1v) is 10.8. The lowest BCUT2D eigenvalue weighted by molar-refractivity contribution is -0.660. The molecule has 2 aromatic heterocycles. The van der Waals surface area contributed by atoms with Gasteiger partial charge in [0.25, 0.3) is 0 Å². The van der Waals surface area contributed by atoms with Crippen molar-refractivity contribution >= 4 is 27.5 Å². The highest BCUT2D eigenvalue weighted by Gasteiger charge is 2.36. The topological polar surface area (TPSA) is 17.0 Å². The minimum Gasteiger partial charge on any atom is -0.454 e. The van der Waals surface area contributed by atoms with Crippen LogP contribution in [0.3, 0.4) is 0 Å². The van der Waals surface area contributed by atoms with Crippen LogP contribution >= 0.6 is 0 Å². The van der Waals surface area contributed by atoms with Gasteiger partial charge in [-0.15, -0.1) is 0 Å². The monoisotopic (exact) mass is 410 g/mol. The normalized spacial score (nSPS) is 22.8. The van der Waals surface area contributed by atoms with E-state index in [1.165, 1.54) is 0 Å². The average molecular weight is 411 g/mol. The van der Waals surface area contributed by atoms with Crippen LogP contribution in [0.2, 0.25) is 0 Å². The number of hydrogen-bond donors (Lipinski definition) is 0. The second kappa shape index (κ2) is 6.43. The fourth-order valence-corrected chi connectivity index (χ4v) is 5.17. The highest BCUT2D eigenvalue weighted by Crippen LogP contribution is 2.53. The van der Waals surface area contributed by atoms with Crippen molar-refractivity contribution in [2.75, 3.05) is 0 Å². The molecule has 2 heterocycles. The molecule has 0 N–H and O–H groups in total. The van der Waals surface area contributed by atoms with E-state index in [9.17, 15) is 0 Å². The molecule has 2 aliphatic rings. The van der Waals surface area contributed by atoms with Crippen molar-refractivity contribution in [3.8, 4) is 11.3 Å². The van der Waals surface area contributed by atoms with Crippen LogP contribution in [0.4, 0.5) is 0 Å². The number of furan rings is 1. The molecule has 2 nitrogen and oxygen atoms in total. The third-order valence-corrected chi connectivity index (χ3v) is 6.68. The van der Waals surface area contributed by atoms with Gasteiger partial charge in [0.15, 0.2) is 6.20 Å². The summed E-state index contributed by atoms with van der Waals surface area (Å²) < 4.78 is 43.4. The molecule has 0 unspecified atom stereocenters. The summed E-state index contributed by atoms with van der Waals surface area (Å²) in [4.78, 5) is 0. The van der Waals surface area contributed by atoms with Gasteiger partial charge in [-0.05, 0) is 48.9 Å². The summed E-state index contributed by atoms with van der Waals surface area (Å²) in [5, 5.41) is 2.00. The number of nitrogens with zero attached hydrogens (tertiary/aromatic N) is 1. The van der Waals surface area contributed by atoms with E-state index in [2.05, 4.69) is 29.7 Å². The van der Waals surface area contributed by atoms with Crippen LogP contribution in [0.1, 0.15) is 49.6 Å². The maximum Gasteiger partial charge on any atom is 0.216 e. The zero-order chi connectivity index (χ0) is 24.9. The van der Waals surface area contributed by atoms with Crippen LogP contribution in [0, 0.1) is 12.3 Å². The van der Waals surface area contributed by atoms with E-state index in [0.29, 0.717) is 16.7 Å². The van der Waals surface area contributed by atoms with Crippen LogP contribution in [0.25, 0.3) is 38.8 Å². The van der Waals surface area contributed by atoms with Crippen LogP contribution in [0.15, 0.2) is 76.4 Å². The molecule has 2 aliphatic carbocycles. The molecule has 0 saturated carbocycles. The Bertz CT molecular complexity index is 1620. The van der Waals surface area contributed by atoms with Gasteiger partial charge in [0, 0.05) is 39.4 Å². The van der Waals surface area contributed by atoms with Gasteiger partial charge in [0.05, 0.1) is 5.56 Å². The molecule has 154 valence electrons. The third kappa shape index (κ3) is 2.61. The Labute approximate surface area is 189 Å². The van der Waals surface area contributed by atoms with Crippen molar-refractivity contribution in [2.24, 2.45) is 12.5 Å². The average Bonchev–Trinajstić information content (AvgIpc) is 3.35. The summed E-state index contributed by atoms with van der Waals surface area (Å²) in [7, 11) is 2.03. The number of rotatable bonds is 2. The largest absolute Gasteiger partial charge is 0.454 e. The maximum atomic E-state index is 8.73. The molecule has 0 fully saturated rings. The standard InChI is InChI=1S/C29H28NO/c1-18-14-15-22-20-10-7-11-21(23-17-29(2,3)24-12-8-9-19(23)24)27(20)31-28(22)26(18)25-13-5-6-16-30(25)4/h5-7,10-11,13-17H,8-9,12H2,1-4H3/q+1/i9D2,12D2. The van der Waals surface area contributed by atoms with Gasteiger partial charge >= 0.3 is 0 Å². The van der Waals surface area contributed by atoms with Crippen molar-refractivity contribution in [1.29, 1.82) is 0 Å². The Morgan fingerprint density at radius 1 is 0.968 bits per heavy atom.